The number of nitrogens with two attached hydrogens (primary N) is 2. The second kappa shape index (κ2) is 28.9. The number of likely N-dealkylation sites (tertiary alicyclic amines) is 2. The van der Waals surface area contributed by atoms with Crippen molar-refractivity contribution in [2.45, 2.75) is 158 Å². The normalized spacial score (nSPS) is 17.3. The monoisotopic (exact) mass is 1010 g/mol. The standard InChI is InChI=1S/C50H72N8O10S2/c1-5-7-18-44(61)54-38(48(65)58-22-12-17-41(58)49(66)57-21-11-16-40(57)45(52)62)29-69-27-33-23-34(25-35(24-33)31(3)4)28-70-30-39(50(67)68)56-47(64)37(26-32-14-9-8-10-15-32)55-46(63)36(19-20-42(51)59)53-43(60)13-6-2/h8-10,14-15,23-25,31,36-41H,5-7,11-13,16-22,26-30H2,1-4H3,(H2,51,59)(H2,52,62)(H,53,60)(H,54,61)(H,55,63)(H,56,64)(H,67,68)/t36?,37-,38?,39?,40-,41-/m0/s1. The summed E-state index contributed by atoms with van der Waals surface area (Å²) in [6.07, 6.45) is 4.32. The Bertz CT molecular complexity index is 2150. The van der Waals surface area contributed by atoms with Crippen molar-refractivity contribution < 1.29 is 48.3 Å². The van der Waals surface area contributed by atoms with Crippen molar-refractivity contribution >= 4 is 76.8 Å². The Hall–Kier alpha value is -5.63. The number of carbonyl (C=O) groups is 9. The van der Waals surface area contributed by atoms with E-state index in [1.165, 1.54) is 28.4 Å². The molecule has 20 heteroatoms. The van der Waals surface area contributed by atoms with Crippen molar-refractivity contribution in [2.75, 3.05) is 24.6 Å². The smallest absolute Gasteiger partial charge is 0.327 e. The van der Waals surface area contributed by atoms with Gasteiger partial charge in [-0.3, -0.25) is 38.4 Å². The molecule has 8 amide bonds. The molecule has 0 bridgehead atoms. The van der Waals surface area contributed by atoms with Gasteiger partial charge in [-0.25, -0.2) is 4.79 Å². The molecular formula is C50H72N8O10S2. The van der Waals surface area contributed by atoms with Crippen LogP contribution in [0.3, 0.4) is 0 Å². The number of hydrogen-bond acceptors (Lipinski definition) is 11. The Labute approximate surface area is 419 Å². The zero-order valence-electron chi connectivity index (χ0n) is 40.9. The first-order valence-corrected chi connectivity index (χ1v) is 26.7. The number of nitrogens with one attached hydrogen (secondary N) is 4. The van der Waals surface area contributed by atoms with E-state index in [0.717, 1.165) is 23.1 Å². The van der Waals surface area contributed by atoms with Crippen LogP contribution in [0.5, 0.6) is 0 Å². The van der Waals surface area contributed by atoms with Crippen molar-refractivity contribution in [2.24, 2.45) is 11.5 Å². The predicted octanol–water partition coefficient (Wildman–Crippen LogP) is 3.27. The van der Waals surface area contributed by atoms with Crippen molar-refractivity contribution in [3.63, 3.8) is 0 Å². The van der Waals surface area contributed by atoms with Crippen molar-refractivity contribution in [1.29, 1.82) is 0 Å². The lowest BCUT2D eigenvalue weighted by molar-refractivity contribution is -0.147. The summed E-state index contributed by atoms with van der Waals surface area (Å²) in [5.41, 5.74) is 14.6. The molecule has 2 aliphatic heterocycles. The number of primary amides is 2. The molecule has 2 saturated heterocycles. The van der Waals surface area contributed by atoms with Gasteiger partial charge in [0, 0.05) is 61.8 Å². The second-order valence-corrected chi connectivity index (χ2v) is 20.4. The minimum absolute atomic E-state index is 0.0140. The summed E-state index contributed by atoms with van der Waals surface area (Å²) in [6.45, 7) is 8.65. The Morgan fingerprint density at radius 1 is 0.671 bits per heavy atom. The minimum atomic E-state index is -1.33. The molecule has 0 aliphatic carbocycles. The molecule has 384 valence electrons. The zero-order chi connectivity index (χ0) is 51.3. The third kappa shape index (κ3) is 18.0. The first-order valence-electron chi connectivity index (χ1n) is 24.3. The van der Waals surface area contributed by atoms with Crippen LogP contribution < -0.4 is 32.7 Å². The van der Waals surface area contributed by atoms with E-state index >= 15 is 0 Å². The number of nitrogens with zero attached hydrogens (tertiary/aromatic N) is 2. The van der Waals surface area contributed by atoms with Crippen LogP contribution in [0.25, 0.3) is 0 Å². The lowest BCUT2D eigenvalue weighted by Gasteiger charge is -2.32. The van der Waals surface area contributed by atoms with Crippen LogP contribution >= 0.6 is 23.5 Å². The van der Waals surface area contributed by atoms with Crippen molar-refractivity contribution in [3.8, 4) is 0 Å². The number of unbranched alkanes of at least 4 members (excludes halogenated alkanes) is 1. The van der Waals surface area contributed by atoms with Gasteiger partial charge in [-0.05, 0) is 73.1 Å². The fourth-order valence-corrected chi connectivity index (χ4v) is 10.5. The van der Waals surface area contributed by atoms with E-state index in [4.69, 9.17) is 11.5 Å². The van der Waals surface area contributed by atoms with Crippen LogP contribution in [0.4, 0.5) is 0 Å². The van der Waals surface area contributed by atoms with Crippen LogP contribution in [-0.4, -0.2) is 129 Å². The number of amides is 8. The fourth-order valence-electron chi connectivity index (χ4n) is 8.49. The second-order valence-electron chi connectivity index (χ2n) is 18.3. The first-order chi connectivity index (χ1) is 33.4. The number of carbonyl (C=O) groups excluding carboxylic acids is 8. The highest BCUT2D eigenvalue weighted by atomic mass is 32.2. The van der Waals surface area contributed by atoms with Gasteiger partial charge >= 0.3 is 5.97 Å². The van der Waals surface area contributed by atoms with Gasteiger partial charge in [0.05, 0.1) is 0 Å². The van der Waals surface area contributed by atoms with E-state index in [2.05, 4.69) is 41.2 Å². The Balaban J connectivity index is 1.45. The van der Waals surface area contributed by atoms with Gasteiger partial charge in [-0.1, -0.05) is 82.6 Å². The summed E-state index contributed by atoms with van der Waals surface area (Å²) in [4.78, 5) is 120. The number of rotatable bonds is 29. The molecule has 0 radical (unpaired) electrons. The average Bonchev–Trinajstić information content (AvgIpc) is 4.03. The number of thioether (sulfide) groups is 2. The predicted molar refractivity (Wildman–Crippen MR) is 270 cm³/mol. The number of carboxylic acids is 1. The van der Waals surface area contributed by atoms with E-state index < -0.39 is 71.8 Å². The van der Waals surface area contributed by atoms with E-state index in [1.807, 2.05) is 19.1 Å². The topological polar surface area (TPSA) is 280 Å². The molecule has 0 aromatic heterocycles. The third-order valence-electron chi connectivity index (χ3n) is 12.3. The lowest BCUT2D eigenvalue weighted by Crippen LogP contribution is -2.56. The first kappa shape index (κ1) is 57.0. The SMILES string of the molecule is CCCCC(=O)NC(CSCc1cc(CSCC(NC(=O)[C@H](Cc2ccccc2)NC(=O)C(CCC(N)=O)NC(=O)CCC)C(=O)O)cc(C(C)C)c1)C(=O)N1CCC[C@H]1C(=O)N1CCC[C@H]1C(N)=O. The van der Waals surface area contributed by atoms with Gasteiger partial charge in [-0.2, -0.15) is 23.5 Å². The summed E-state index contributed by atoms with van der Waals surface area (Å²) in [7, 11) is 0. The summed E-state index contributed by atoms with van der Waals surface area (Å²) in [5, 5.41) is 21.1. The molecule has 6 atom stereocenters. The quantitative estimate of drug-likeness (QED) is 0.0619. The van der Waals surface area contributed by atoms with Crippen LogP contribution in [0.1, 0.15) is 126 Å². The molecule has 9 N–H and O–H groups in total. The average molecular weight is 1010 g/mol. The van der Waals surface area contributed by atoms with Gasteiger partial charge < -0.3 is 47.6 Å². The molecule has 4 rings (SSSR count). The summed E-state index contributed by atoms with van der Waals surface area (Å²) < 4.78 is 0. The molecule has 0 saturated carbocycles. The van der Waals surface area contributed by atoms with E-state index in [1.54, 1.807) is 42.2 Å². The maximum Gasteiger partial charge on any atom is 0.327 e. The van der Waals surface area contributed by atoms with E-state index in [9.17, 15) is 48.3 Å². The Morgan fingerprint density at radius 3 is 1.83 bits per heavy atom. The van der Waals surface area contributed by atoms with Crippen LogP contribution in [0.15, 0.2) is 48.5 Å². The Kier molecular flexibility index (Phi) is 23.5. The maximum absolute atomic E-state index is 14.2. The van der Waals surface area contributed by atoms with Gasteiger partial charge in [-0.15, -0.1) is 0 Å². The fraction of sp³-hybridized carbons (Fsp3) is 0.580. The highest BCUT2D eigenvalue weighted by molar-refractivity contribution is 7.98. The van der Waals surface area contributed by atoms with Crippen LogP contribution in [0.2, 0.25) is 0 Å². The largest absolute Gasteiger partial charge is 0.480 e. The summed E-state index contributed by atoms with van der Waals surface area (Å²) in [5.74, 6) is -4.00. The number of benzene rings is 2. The maximum atomic E-state index is 14.2. The van der Waals surface area contributed by atoms with Crippen molar-refractivity contribution in [1.82, 2.24) is 31.1 Å². The molecule has 2 heterocycles. The highest BCUT2D eigenvalue weighted by Crippen LogP contribution is 2.28. The number of carboxylic acid groups (broad SMARTS) is 1. The molecule has 0 spiro atoms. The van der Waals surface area contributed by atoms with Crippen LogP contribution in [0, 0.1) is 0 Å². The molecule has 2 aromatic rings. The molecular weight excluding hydrogens is 937 g/mol. The van der Waals surface area contributed by atoms with E-state index in [-0.39, 0.29) is 67.2 Å². The molecule has 2 aliphatic rings. The Morgan fingerprint density at radius 2 is 1.24 bits per heavy atom. The summed E-state index contributed by atoms with van der Waals surface area (Å²) in [6, 6.07) is 8.93. The zero-order valence-corrected chi connectivity index (χ0v) is 42.5. The van der Waals surface area contributed by atoms with Gasteiger partial charge in [0.15, 0.2) is 0 Å². The molecule has 3 unspecified atom stereocenters. The van der Waals surface area contributed by atoms with Gasteiger partial charge in [0.25, 0.3) is 0 Å². The van der Waals surface area contributed by atoms with Gasteiger partial charge in [0.1, 0.15) is 36.3 Å². The molecule has 2 aromatic carbocycles. The van der Waals surface area contributed by atoms with Crippen LogP contribution in [-0.2, 0) is 61.1 Å². The minimum Gasteiger partial charge on any atom is -0.480 e. The molecule has 70 heavy (non-hydrogen) atoms. The molecule has 2 fully saturated rings. The summed E-state index contributed by atoms with van der Waals surface area (Å²) >= 11 is 2.78. The van der Waals surface area contributed by atoms with Gasteiger partial charge in [0.2, 0.25) is 47.3 Å². The highest BCUT2D eigenvalue weighted by Gasteiger charge is 2.43. The lowest BCUT2D eigenvalue weighted by atomic mass is 9.99. The molecule has 18 nitrogen and oxygen atoms in total. The number of hydrogen-bond donors (Lipinski definition) is 7. The number of aliphatic carboxylic acids is 1. The van der Waals surface area contributed by atoms with Crippen molar-refractivity contribution in [3.05, 3.63) is 70.8 Å². The third-order valence-corrected chi connectivity index (χ3v) is 14.5. The van der Waals surface area contributed by atoms with E-state index in [0.29, 0.717) is 68.7 Å².